The minimum atomic E-state index is -4.68. The van der Waals surface area contributed by atoms with Crippen molar-refractivity contribution in [3.05, 3.63) is 44.0 Å². The van der Waals surface area contributed by atoms with E-state index in [1.807, 2.05) is 0 Å². The summed E-state index contributed by atoms with van der Waals surface area (Å²) in [5.74, 6) is 0. The van der Waals surface area contributed by atoms with E-state index in [1.54, 1.807) is 13.0 Å². The summed E-state index contributed by atoms with van der Waals surface area (Å²) < 4.78 is 46.1. The van der Waals surface area contributed by atoms with Gasteiger partial charge in [-0.3, -0.25) is 0 Å². The Hall–Kier alpha value is -1.20. The van der Waals surface area contributed by atoms with Crippen LogP contribution in [0.1, 0.15) is 18.2 Å². The predicted molar refractivity (Wildman–Crippen MR) is 88.9 cm³/mol. The lowest BCUT2D eigenvalue weighted by molar-refractivity contribution is -0.146. The van der Waals surface area contributed by atoms with Crippen LogP contribution >= 0.6 is 39.1 Å². The molecule has 0 N–H and O–H groups in total. The molecule has 0 bridgehead atoms. The number of nitriles is 1. The van der Waals surface area contributed by atoms with Gasteiger partial charge in [-0.25, -0.2) is 0 Å². The number of hydrogen-bond donors (Lipinski definition) is 0. The number of alkyl halides is 3. The SMILES string of the molecule is CCOCn1c(-c2cc(Cl)cc(Cl)c2)c(C#N)c(Br)c1C(F)(F)F. The van der Waals surface area contributed by atoms with E-state index in [0.29, 0.717) is 5.56 Å². The highest BCUT2D eigenvalue weighted by molar-refractivity contribution is 9.10. The molecule has 1 aromatic carbocycles. The molecule has 24 heavy (non-hydrogen) atoms. The van der Waals surface area contributed by atoms with Gasteiger partial charge in [0.2, 0.25) is 0 Å². The Morgan fingerprint density at radius 2 is 1.83 bits per heavy atom. The van der Waals surface area contributed by atoms with Crippen molar-refractivity contribution in [2.24, 2.45) is 0 Å². The zero-order valence-corrected chi connectivity index (χ0v) is 15.3. The number of ether oxygens (including phenoxy) is 1. The summed E-state index contributed by atoms with van der Waals surface area (Å²) in [6.45, 7) is 1.50. The van der Waals surface area contributed by atoms with Crippen molar-refractivity contribution in [2.75, 3.05) is 6.61 Å². The third kappa shape index (κ3) is 3.72. The molecule has 128 valence electrons. The summed E-state index contributed by atoms with van der Waals surface area (Å²) in [5, 5.41) is 9.85. The number of aromatic nitrogens is 1. The van der Waals surface area contributed by atoms with Gasteiger partial charge in [0.05, 0.1) is 15.7 Å². The van der Waals surface area contributed by atoms with Crippen molar-refractivity contribution in [2.45, 2.75) is 19.8 Å². The molecule has 0 fully saturated rings. The van der Waals surface area contributed by atoms with E-state index in [9.17, 15) is 18.4 Å². The minimum Gasteiger partial charge on any atom is -0.361 e. The van der Waals surface area contributed by atoms with Gasteiger partial charge in [-0.05, 0) is 41.1 Å². The fourth-order valence-electron chi connectivity index (χ4n) is 2.27. The lowest BCUT2D eigenvalue weighted by Gasteiger charge is -2.16. The third-order valence-electron chi connectivity index (χ3n) is 3.14. The topological polar surface area (TPSA) is 38.0 Å². The summed E-state index contributed by atoms with van der Waals surface area (Å²) >= 11 is 14.8. The van der Waals surface area contributed by atoms with Gasteiger partial charge in [-0.1, -0.05) is 23.2 Å². The molecule has 3 nitrogen and oxygen atoms in total. The maximum atomic E-state index is 13.5. The Balaban J connectivity index is 2.84. The van der Waals surface area contributed by atoms with E-state index >= 15 is 0 Å². The van der Waals surface area contributed by atoms with E-state index in [0.717, 1.165) is 4.57 Å². The van der Waals surface area contributed by atoms with Crippen LogP contribution in [0.2, 0.25) is 10.0 Å². The molecule has 0 radical (unpaired) electrons. The first-order valence-corrected chi connectivity index (χ1v) is 8.19. The molecule has 2 rings (SSSR count). The molecule has 2 aromatic rings. The number of hydrogen-bond acceptors (Lipinski definition) is 2. The minimum absolute atomic E-state index is 0.0366. The normalized spacial score (nSPS) is 11.6. The quantitative estimate of drug-likeness (QED) is 0.574. The van der Waals surface area contributed by atoms with Crippen molar-refractivity contribution in [3.63, 3.8) is 0 Å². The molecule has 0 aliphatic carbocycles. The summed E-state index contributed by atoms with van der Waals surface area (Å²) in [4.78, 5) is 0. The highest BCUT2D eigenvalue weighted by Crippen LogP contribution is 2.43. The number of rotatable bonds is 4. The predicted octanol–water partition coefficient (Wildman–Crippen LogP) is 6.11. The van der Waals surface area contributed by atoms with E-state index < -0.39 is 11.9 Å². The zero-order valence-electron chi connectivity index (χ0n) is 12.2. The van der Waals surface area contributed by atoms with Crippen molar-refractivity contribution < 1.29 is 17.9 Å². The average molecular weight is 442 g/mol. The van der Waals surface area contributed by atoms with Crippen LogP contribution in [0.3, 0.4) is 0 Å². The van der Waals surface area contributed by atoms with Crippen LogP contribution in [-0.4, -0.2) is 11.2 Å². The van der Waals surface area contributed by atoms with Crippen LogP contribution in [0.25, 0.3) is 11.3 Å². The molecule has 0 saturated heterocycles. The van der Waals surface area contributed by atoms with Gasteiger partial charge in [0.1, 0.15) is 18.5 Å². The number of benzene rings is 1. The summed E-state index contributed by atoms with van der Waals surface area (Å²) in [5.41, 5.74) is -0.839. The van der Waals surface area contributed by atoms with Gasteiger partial charge in [0, 0.05) is 22.2 Å². The number of nitrogens with zero attached hydrogens (tertiary/aromatic N) is 2. The Bertz CT molecular complexity index is 792. The van der Waals surface area contributed by atoms with Crippen LogP contribution in [0, 0.1) is 11.3 Å². The lowest BCUT2D eigenvalue weighted by atomic mass is 10.1. The summed E-state index contributed by atoms with van der Waals surface area (Å²) in [6, 6.07) is 6.14. The van der Waals surface area contributed by atoms with Gasteiger partial charge in [0.25, 0.3) is 0 Å². The van der Waals surface area contributed by atoms with Crippen molar-refractivity contribution in [1.82, 2.24) is 4.57 Å². The first-order chi connectivity index (χ1) is 11.2. The fraction of sp³-hybridized carbons (Fsp3) is 0.267. The first-order valence-electron chi connectivity index (χ1n) is 6.64. The molecule has 0 saturated carbocycles. The second kappa shape index (κ2) is 7.36. The summed E-state index contributed by atoms with van der Waals surface area (Å²) in [7, 11) is 0. The highest BCUT2D eigenvalue weighted by Gasteiger charge is 2.40. The maximum Gasteiger partial charge on any atom is 0.432 e. The fourth-order valence-corrected chi connectivity index (χ4v) is 3.51. The molecular formula is C15H10BrCl2F3N2O. The standard InChI is InChI=1S/C15H10BrCl2F3N2O/c1-2-24-7-23-13(8-3-9(17)5-10(18)4-8)11(6-22)12(16)14(23)15(19,20)21/h3-5H,2,7H2,1H3. The van der Waals surface area contributed by atoms with Crippen molar-refractivity contribution in [3.8, 4) is 17.3 Å². The Kier molecular flexibility index (Phi) is 5.87. The lowest BCUT2D eigenvalue weighted by Crippen LogP contribution is -2.16. The molecule has 0 amide bonds. The zero-order chi connectivity index (χ0) is 18.1. The molecule has 0 spiro atoms. The first kappa shape index (κ1) is 19.1. The van der Waals surface area contributed by atoms with Gasteiger partial charge in [0.15, 0.2) is 0 Å². The van der Waals surface area contributed by atoms with E-state index in [4.69, 9.17) is 27.9 Å². The Morgan fingerprint density at radius 1 is 1.25 bits per heavy atom. The molecule has 0 unspecified atom stereocenters. The van der Waals surface area contributed by atoms with E-state index in [2.05, 4.69) is 15.9 Å². The molecular weight excluding hydrogens is 432 g/mol. The largest absolute Gasteiger partial charge is 0.432 e. The van der Waals surface area contributed by atoms with Gasteiger partial charge in [-0.15, -0.1) is 0 Å². The molecule has 0 aliphatic heterocycles. The second-order valence-corrected chi connectivity index (χ2v) is 6.37. The smallest absolute Gasteiger partial charge is 0.361 e. The number of halogens is 6. The van der Waals surface area contributed by atoms with Crippen molar-refractivity contribution in [1.29, 1.82) is 5.26 Å². The van der Waals surface area contributed by atoms with E-state index in [-0.39, 0.29) is 39.1 Å². The van der Waals surface area contributed by atoms with Gasteiger partial charge >= 0.3 is 6.18 Å². The van der Waals surface area contributed by atoms with Crippen LogP contribution in [0.4, 0.5) is 13.2 Å². The third-order valence-corrected chi connectivity index (χ3v) is 4.35. The van der Waals surface area contributed by atoms with Gasteiger partial charge in [-0.2, -0.15) is 18.4 Å². The van der Waals surface area contributed by atoms with Crippen molar-refractivity contribution >= 4 is 39.1 Å². The highest BCUT2D eigenvalue weighted by atomic mass is 79.9. The molecule has 1 aromatic heterocycles. The molecule has 9 heteroatoms. The molecule has 1 heterocycles. The molecule has 0 atom stereocenters. The Morgan fingerprint density at radius 3 is 2.29 bits per heavy atom. The molecule has 0 aliphatic rings. The van der Waals surface area contributed by atoms with Gasteiger partial charge < -0.3 is 9.30 Å². The summed E-state index contributed by atoms with van der Waals surface area (Å²) in [6.07, 6.45) is -4.68. The van der Waals surface area contributed by atoms with E-state index in [1.165, 1.54) is 18.2 Å². The monoisotopic (exact) mass is 440 g/mol. The maximum absolute atomic E-state index is 13.5. The second-order valence-electron chi connectivity index (χ2n) is 4.70. The van der Waals surface area contributed by atoms with Crippen LogP contribution < -0.4 is 0 Å². The van der Waals surface area contributed by atoms with Crippen LogP contribution in [0.15, 0.2) is 22.7 Å². The Labute approximate surface area is 154 Å². The van der Waals surface area contributed by atoms with Crippen LogP contribution in [0.5, 0.6) is 0 Å². The average Bonchev–Trinajstić information content (AvgIpc) is 2.75. The van der Waals surface area contributed by atoms with Crippen LogP contribution in [-0.2, 0) is 17.6 Å².